The number of benzene rings is 1. The second-order valence-electron chi connectivity index (χ2n) is 8.51. The van der Waals surface area contributed by atoms with Gasteiger partial charge in [0.1, 0.15) is 11.5 Å². The smallest absolute Gasteiger partial charge is 0.295 e. The second kappa shape index (κ2) is 10.5. The lowest BCUT2D eigenvalue weighted by molar-refractivity contribution is -0.140. The van der Waals surface area contributed by atoms with Crippen LogP contribution < -0.4 is 4.74 Å². The first-order valence-electron chi connectivity index (χ1n) is 11.3. The van der Waals surface area contributed by atoms with E-state index >= 15 is 0 Å². The average Bonchev–Trinajstić information content (AvgIpc) is 3.42. The van der Waals surface area contributed by atoms with Gasteiger partial charge in [-0.15, -0.1) is 11.3 Å². The molecule has 2 aromatic rings. The number of carbonyl (C=O) groups is 2. The third kappa shape index (κ3) is 5.29. The molecule has 7 nitrogen and oxygen atoms in total. The van der Waals surface area contributed by atoms with E-state index in [0.29, 0.717) is 17.9 Å². The van der Waals surface area contributed by atoms with E-state index in [9.17, 15) is 14.7 Å². The molecule has 0 saturated carbocycles. The van der Waals surface area contributed by atoms with Crippen molar-refractivity contribution in [1.29, 1.82) is 0 Å². The van der Waals surface area contributed by atoms with E-state index < -0.39 is 17.7 Å². The molecule has 33 heavy (non-hydrogen) atoms. The summed E-state index contributed by atoms with van der Waals surface area (Å²) < 4.78 is 11.1. The minimum absolute atomic E-state index is 0.0334. The zero-order valence-electron chi connectivity index (χ0n) is 19.0. The Hall–Kier alpha value is -2.68. The van der Waals surface area contributed by atoms with Crippen molar-refractivity contribution in [3.05, 3.63) is 57.8 Å². The van der Waals surface area contributed by atoms with Crippen molar-refractivity contribution in [2.45, 2.75) is 32.4 Å². The molecule has 4 rings (SSSR count). The molecule has 1 N–H and O–H groups in total. The number of aliphatic hydroxyl groups is 1. The number of aliphatic hydroxyl groups excluding tert-OH is 1. The highest BCUT2D eigenvalue weighted by molar-refractivity contribution is 7.10. The number of ketones is 1. The number of amides is 1. The van der Waals surface area contributed by atoms with Crippen LogP contribution in [0, 0.1) is 0 Å². The van der Waals surface area contributed by atoms with Gasteiger partial charge in [0.2, 0.25) is 0 Å². The number of hydrogen-bond donors (Lipinski definition) is 1. The Labute approximate surface area is 198 Å². The average molecular weight is 471 g/mol. The van der Waals surface area contributed by atoms with Crippen molar-refractivity contribution in [2.75, 3.05) is 39.4 Å². The molecule has 1 atom stereocenters. The van der Waals surface area contributed by atoms with Gasteiger partial charge in [0.05, 0.1) is 30.9 Å². The Kier molecular flexibility index (Phi) is 7.47. The monoisotopic (exact) mass is 470 g/mol. The van der Waals surface area contributed by atoms with Crippen LogP contribution in [0.15, 0.2) is 47.4 Å². The summed E-state index contributed by atoms with van der Waals surface area (Å²) in [6, 6.07) is 10.2. The Balaban J connectivity index is 1.59. The van der Waals surface area contributed by atoms with Crippen LogP contribution in [0.25, 0.3) is 5.76 Å². The van der Waals surface area contributed by atoms with E-state index in [4.69, 9.17) is 9.47 Å². The Morgan fingerprint density at radius 2 is 1.88 bits per heavy atom. The van der Waals surface area contributed by atoms with Crippen LogP contribution in [-0.2, 0) is 14.3 Å². The summed E-state index contributed by atoms with van der Waals surface area (Å²) in [5.74, 6) is -0.671. The Morgan fingerprint density at radius 3 is 2.52 bits per heavy atom. The van der Waals surface area contributed by atoms with Gasteiger partial charge in [0.15, 0.2) is 0 Å². The number of likely N-dealkylation sites (tertiary alicyclic amines) is 1. The van der Waals surface area contributed by atoms with E-state index in [-0.39, 0.29) is 17.4 Å². The summed E-state index contributed by atoms with van der Waals surface area (Å²) in [5.41, 5.74) is 0.630. The van der Waals surface area contributed by atoms with Crippen molar-refractivity contribution in [1.82, 2.24) is 9.80 Å². The van der Waals surface area contributed by atoms with Gasteiger partial charge in [-0.25, -0.2) is 0 Å². The van der Waals surface area contributed by atoms with Crippen LogP contribution in [0.2, 0.25) is 0 Å². The fourth-order valence-electron chi connectivity index (χ4n) is 4.26. The normalized spacial score (nSPS) is 21.2. The fourth-order valence-corrected chi connectivity index (χ4v) is 5.11. The van der Waals surface area contributed by atoms with Crippen molar-refractivity contribution in [3.63, 3.8) is 0 Å². The third-order valence-corrected chi connectivity index (χ3v) is 6.75. The van der Waals surface area contributed by atoms with Crippen LogP contribution >= 0.6 is 11.3 Å². The van der Waals surface area contributed by atoms with Crippen LogP contribution in [0.1, 0.15) is 36.8 Å². The van der Waals surface area contributed by atoms with Crippen molar-refractivity contribution >= 4 is 28.8 Å². The molecule has 1 aromatic heterocycles. The first kappa shape index (κ1) is 23.5. The second-order valence-corrected chi connectivity index (χ2v) is 9.49. The first-order chi connectivity index (χ1) is 16.0. The van der Waals surface area contributed by atoms with Crippen molar-refractivity contribution < 1.29 is 24.2 Å². The van der Waals surface area contributed by atoms with Crippen LogP contribution in [0.5, 0.6) is 5.75 Å². The van der Waals surface area contributed by atoms with Gasteiger partial charge in [-0.1, -0.05) is 6.07 Å². The molecular weight excluding hydrogens is 440 g/mol. The molecule has 2 aliphatic rings. The van der Waals surface area contributed by atoms with Gasteiger partial charge in [-0.2, -0.15) is 0 Å². The molecule has 176 valence electrons. The van der Waals surface area contributed by atoms with Gasteiger partial charge in [-0.3, -0.25) is 14.5 Å². The maximum atomic E-state index is 13.1. The summed E-state index contributed by atoms with van der Waals surface area (Å²) in [5, 5.41) is 13.0. The van der Waals surface area contributed by atoms with Crippen LogP contribution in [0.4, 0.5) is 0 Å². The van der Waals surface area contributed by atoms with E-state index in [1.54, 1.807) is 29.2 Å². The molecule has 0 unspecified atom stereocenters. The zero-order chi connectivity index (χ0) is 23.4. The van der Waals surface area contributed by atoms with Gasteiger partial charge in [-0.05, 0) is 56.0 Å². The Bertz CT molecular complexity index is 994. The fraction of sp³-hybridized carbons (Fsp3) is 0.440. The lowest BCUT2D eigenvalue weighted by Gasteiger charge is -2.28. The molecule has 2 aliphatic heterocycles. The van der Waals surface area contributed by atoms with E-state index in [1.807, 2.05) is 31.4 Å². The zero-order valence-corrected chi connectivity index (χ0v) is 19.8. The van der Waals surface area contributed by atoms with Gasteiger partial charge in [0.25, 0.3) is 11.7 Å². The molecule has 0 radical (unpaired) electrons. The maximum Gasteiger partial charge on any atom is 0.295 e. The molecule has 0 aliphatic carbocycles. The Morgan fingerprint density at radius 1 is 1.15 bits per heavy atom. The third-order valence-electron chi connectivity index (χ3n) is 5.83. The number of ether oxygens (including phenoxy) is 2. The van der Waals surface area contributed by atoms with E-state index in [0.717, 1.165) is 44.1 Å². The summed E-state index contributed by atoms with van der Waals surface area (Å²) >= 11 is 1.48. The highest BCUT2D eigenvalue weighted by Gasteiger charge is 2.46. The summed E-state index contributed by atoms with van der Waals surface area (Å²) in [7, 11) is 0. The quantitative estimate of drug-likeness (QED) is 0.360. The maximum absolute atomic E-state index is 13.1. The number of nitrogens with zero attached hydrogens (tertiary/aromatic N) is 2. The first-order valence-corrected chi connectivity index (χ1v) is 12.2. The predicted octanol–water partition coefficient (Wildman–Crippen LogP) is 3.68. The predicted molar refractivity (Wildman–Crippen MR) is 127 cm³/mol. The van der Waals surface area contributed by atoms with Gasteiger partial charge >= 0.3 is 0 Å². The number of thiophene rings is 1. The van der Waals surface area contributed by atoms with Crippen molar-refractivity contribution in [2.24, 2.45) is 0 Å². The molecular formula is C25H30N2O5S. The van der Waals surface area contributed by atoms with Crippen LogP contribution in [-0.4, -0.2) is 72.1 Å². The minimum atomic E-state index is -0.639. The van der Waals surface area contributed by atoms with Crippen molar-refractivity contribution in [3.8, 4) is 5.75 Å². The largest absolute Gasteiger partial charge is 0.507 e. The number of carbonyl (C=O) groups excluding carboxylic acids is 2. The lowest BCUT2D eigenvalue weighted by Crippen LogP contribution is -2.38. The van der Waals surface area contributed by atoms with E-state index in [2.05, 4.69) is 4.90 Å². The van der Waals surface area contributed by atoms with Crippen LogP contribution in [0.3, 0.4) is 0 Å². The summed E-state index contributed by atoms with van der Waals surface area (Å²) in [4.78, 5) is 30.8. The standard InChI is InChI=1S/C25H30N2O5S/c1-17(2)32-19-8-6-18(7-9-19)23(28)21-22(20-5-3-16-33-20)27(25(30)24(21)29)11-4-10-26-12-14-31-15-13-26/h3,5-9,16-17,22,28H,4,10-15H2,1-2H3/t22-/m0/s1. The molecule has 1 amide bonds. The highest BCUT2D eigenvalue weighted by Crippen LogP contribution is 2.41. The number of hydrogen-bond acceptors (Lipinski definition) is 7. The van der Waals surface area contributed by atoms with Gasteiger partial charge < -0.3 is 19.5 Å². The van der Waals surface area contributed by atoms with Gasteiger partial charge in [0, 0.05) is 36.6 Å². The number of morpholine rings is 1. The number of Topliss-reactive ketones (excluding diaryl/α,β-unsaturated/α-hetero) is 1. The van der Waals surface area contributed by atoms with E-state index in [1.165, 1.54) is 11.3 Å². The summed E-state index contributed by atoms with van der Waals surface area (Å²) in [6.45, 7) is 8.36. The molecule has 0 spiro atoms. The molecule has 2 saturated heterocycles. The summed E-state index contributed by atoms with van der Waals surface area (Å²) in [6.07, 6.45) is 0.780. The molecule has 0 bridgehead atoms. The lowest BCUT2D eigenvalue weighted by atomic mass is 10.00. The molecule has 8 heteroatoms. The number of rotatable bonds is 8. The molecule has 3 heterocycles. The topological polar surface area (TPSA) is 79.3 Å². The molecule has 1 aromatic carbocycles. The highest BCUT2D eigenvalue weighted by atomic mass is 32.1. The minimum Gasteiger partial charge on any atom is -0.507 e. The molecule has 2 fully saturated rings. The SMILES string of the molecule is CC(C)Oc1ccc(C(O)=C2C(=O)C(=O)N(CCCN3CCOCC3)[C@H]2c2cccs2)cc1.